The molecule has 0 bridgehead atoms. The van der Waals surface area contributed by atoms with E-state index in [1.165, 1.54) is 24.4 Å². The van der Waals surface area contributed by atoms with Crippen LogP contribution in [0.1, 0.15) is 11.5 Å². The summed E-state index contributed by atoms with van der Waals surface area (Å²) < 4.78 is 44.5. The van der Waals surface area contributed by atoms with Crippen molar-refractivity contribution in [1.82, 2.24) is 24.6 Å². The quantitative estimate of drug-likeness (QED) is 0.675. The highest BCUT2D eigenvalue weighted by atomic mass is 35.5. The average Bonchev–Trinajstić information content (AvgIpc) is 2.85. The van der Waals surface area contributed by atoms with E-state index in [-0.39, 0.29) is 16.8 Å². The van der Waals surface area contributed by atoms with E-state index in [9.17, 15) is 13.2 Å². The minimum atomic E-state index is -4.67. The Hall–Kier alpha value is -2.42. The summed E-state index contributed by atoms with van der Waals surface area (Å²) in [6, 6.07) is 4.46. The first kappa shape index (κ1) is 14.5. The molecule has 3 aromatic rings. The molecule has 0 fully saturated rings. The zero-order valence-corrected chi connectivity index (χ0v) is 11.7. The van der Waals surface area contributed by atoms with Crippen molar-refractivity contribution in [3.63, 3.8) is 0 Å². The lowest BCUT2D eigenvalue weighted by atomic mass is 10.4. The summed E-state index contributed by atoms with van der Waals surface area (Å²) in [4.78, 5) is 11.1. The number of hydrogen-bond acceptors (Lipinski definition) is 5. The number of halogens is 4. The third-order valence-corrected chi connectivity index (χ3v) is 2.81. The second kappa shape index (κ2) is 5.09. The van der Waals surface area contributed by atoms with Gasteiger partial charge in [-0.2, -0.15) is 22.7 Å². The predicted octanol–water partition coefficient (Wildman–Crippen LogP) is 3.29. The molecule has 0 aromatic carbocycles. The maximum Gasteiger partial charge on any atom is 0.453 e. The number of rotatable bonds is 2. The molecule has 0 atom stereocenters. The predicted molar refractivity (Wildman–Crippen MR) is 69.8 cm³/mol. The second-order valence-corrected chi connectivity index (χ2v) is 4.69. The van der Waals surface area contributed by atoms with Crippen LogP contribution >= 0.6 is 11.6 Å². The van der Waals surface area contributed by atoms with Crippen molar-refractivity contribution in [2.45, 2.75) is 13.1 Å². The Morgan fingerprint density at radius 2 is 2.00 bits per heavy atom. The van der Waals surface area contributed by atoms with Gasteiger partial charge < -0.3 is 4.74 Å². The third kappa shape index (κ3) is 2.80. The normalized spacial score (nSPS) is 11.9. The van der Waals surface area contributed by atoms with E-state index in [0.717, 1.165) is 4.52 Å². The Morgan fingerprint density at radius 1 is 1.23 bits per heavy atom. The molecule has 0 saturated heterocycles. The van der Waals surface area contributed by atoms with Crippen LogP contribution in [0, 0.1) is 6.92 Å². The average molecular weight is 330 g/mol. The summed E-state index contributed by atoms with van der Waals surface area (Å²) in [5.41, 5.74) is 0.436. The van der Waals surface area contributed by atoms with Gasteiger partial charge >= 0.3 is 6.18 Å². The van der Waals surface area contributed by atoms with E-state index in [2.05, 4.69) is 20.1 Å². The van der Waals surface area contributed by atoms with Gasteiger partial charge in [0.1, 0.15) is 10.9 Å². The van der Waals surface area contributed by atoms with Gasteiger partial charge in [-0.05, 0) is 19.1 Å². The number of alkyl halides is 3. The molecule has 0 unspecified atom stereocenters. The highest BCUT2D eigenvalue weighted by Gasteiger charge is 2.37. The van der Waals surface area contributed by atoms with E-state index in [1.54, 1.807) is 6.92 Å². The van der Waals surface area contributed by atoms with Crippen LogP contribution in [0.25, 0.3) is 5.78 Å². The van der Waals surface area contributed by atoms with Gasteiger partial charge in [-0.25, -0.2) is 9.97 Å². The smallest absolute Gasteiger partial charge is 0.437 e. The highest BCUT2D eigenvalue weighted by molar-refractivity contribution is 6.29. The molecule has 6 nitrogen and oxygen atoms in total. The first-order valence-electron chi connectivity index (χ1n) is 5.94. The fraction of sp³-hybridized carbons (Fsp3) is 0.167. The lowest BCUT2D eigenvalue weighted by Crippen LogP contribution is -2.07. The zero-order valence-electron chi connectivity index (χ0n) is 11.0. The van der Waals surface area contributed by atoms with E-state index in [1.807, 2.05) is 0 Å². The molecule has 0 aliphatic heterocycles. The van der Waals surface area contributed by atoms with Crippen LogP contribution in [-0.4, -0.2) is 24.6 Å². The number of aromatic nitrogens is 5. The maximum atomic E-state index is 12.7. The molecule has 3 aromatic heterocycles. The van der Waals surface area contributed by atoms with Crippen molar-refractivity contribution in [3.8, 4) is 11.6 Å². The van der Waals surface area contributed by atoms with Gasteiger partial charge in [0.2, 0.25) is 5.88 Å². The van der Waals surface area contributed by atoms with Crippen LogP contribution in [-0.2, 0) is 6.18 Å². The van der Waals surface area contributed by atoms with Crippen molar-refractivity contribution in [3.05, 3.63) is 41.1 Å². The van der Waals surface area contributed by atoms with Crippen molar-refractivity contribution in [2.24, 2.45) is 0 Å². The first-order chi connectivity index (χ1) is 10.3. The molecule has 0 aliphatic rings. The molecule has 0 spiro atoms. The van der Waals surface area contributed by atoms with Crippen LogP contribution in [0.15, 0.2) is 24.4 Å². The van der Waals surface area contributed by atoms with Gasteiger partial charge in [0.05, 0.1) is 6.20 Å². The number of aryl methyl sites for hydroxylation is 1. The lowest BCUT2D eigenvalue weighted by Gasteiger charge is -2.07. The van der Waals surface area contributed by atoms with Crippen molar-refractivity contribution < 1.29 is 17.9 Å². The Kier molecular flexibility index (Phi) is 3.36. The Bertz CT molecular complexity index is 831. The highest BCUT2D eigenvalue weighted by Crippen LogP contribution is 2.28. The minimum Gasteiger partial charge on any atom is -0.437 e. The fourth-order valence-corrected chi connectivity index (χ4v) is 1.80. The van der Waals surface area contributed by atoms with Crippen LogP contribution < -0.4 is 4.74 Å². The zero-order chi connectivity index (χ0) is 15.9. The van der Waals surface area contributed by atoms with Crippen molar-refractivity contribution >= 4 is 17.4 Å². The van der Waals surface area contributed by atoms with E-state index in [4.69, 9.17) is 16.3 Å². The molecule has 114 valence electrons. The Morgan fingerprint density at radius 3 is 2.64 bits per heavy atom. The first-order valence-corrected chi connectivity index (χ1v) is 6.32. The molecule has 0 saturated carbocycles. The number of fused-ring (bicyclic) bond motifs is 1. The maximum absolute atomic E-state index is 12.7. The van der Waals surface area contributed by atoms with E-state index < -0.39 is 12.0 Å². The van der Waals surface area contributed by atoms with E-state index >= 15 is 0 Å². The van der Waals surface area contributed by atoms with Gasteiger partial charge in [0, 0.05) is 11.8 Å². The standard InChI is InChI=1S/C12H7ClF3N5O/c1-6-4-9(22-7-2-3-8(13)17-5-7)21-11(18-6)19-10(20-21)12(14,15)16/h2-5H,1H3. The molecule has 22 heavy (non-hydrogen) atoms. The molecular formula is C12H7ClF3N5O. The Labute approximate surface area is 126 Å². The number of ether oxygens (including phenoxy) is 1. The van der Waals surface area contributed by atoms with Gasteiger partial charge in [-0.1, -0.05) is 11.6 Å². The molecule has 0 N–H and O–H groups in total. The van der Waals surface area contributed by atoms with Gasteiger partial charge in [-0.15, -0.1) is 5.10 Å². The molecular weight excluding hydrogens is 323 g/mol. The second-order valence-electron chi connectivity index (χ2n) is 4.30. The summed E-state index contributed by atoms with van der Waals surface area (Å²) >= 11 is 5.66. The van der Waals surface area contributed by atoms with Gasteiger partial charge in [-0.3, -0.25) is 0 Å². The van der Waals surface area contributed by atoms with Crippen LogP contribution in [0.3, 0.4) is 0 Å². The summed E-state index contributed by atoms with van der Waals surface area (Å²) in [5, 5.41) is 3.65. The number of nitrogens with zero attached hydrogens (tertiary/aromatic N) is 5. The molecule has 0 radical (unpaired) electrons. The molecule has 0 aliphatic carbocycles. The topological polar surface area (TPSA) is 65.2 Å². The molecule has 3 rings (SSSR count). The summed E-state index contributed by atoms with van der Waals surface area (Å²) in [6.45, 7) is 1.61. The number of pyridine rings is 1. The molecule has 3 heterocycles. The number of hydrogen-bond donors (Lipinski definition) is 0. The van der Waals surface area contributed by atoms with Crippen LogP contribution in [0.2, 0.25) is 5.15 Å². The van der Waals surface area contributed by atoms with Crippen molar-refractivity contribution in [2.75, 3.05) is 0 Å². The molecule has 0 amide bonds. The summed E-state index contributed by atoms with van der Waals surface area (Å²) in [7, 11) is 0. The fourth-order valence-electron chi connectivity index (χ4n) is 1.69. The summed E-state index contributed by atoms with van der Waals surface area (Å²) in [6.07, 6.45) is -3.33. The Balaban J connectivity index is 2.08. The van der Waals surface area contributed by atoms with Crippen LogP contribution in [0.4, 0.5) is 13.2 Å². The van der Waals surface area contributed by atoms with Gasteiger partial charge in [0.25, 0.3) is 11.6 Å². The van der Waals surface area contributed by atoms with E-state index in [0.29, 0.717) is 11.4 Å². The third-order valence-electron chi connectivity index (χ3n) is 2.58. The lowest BCUT2D eigenvalue weighted by molar-refractivity contribution is -0.144. The largest absolute Gasteiger partial charge is 0.453 e. The minimum absolute atomic E-state index is 0.0367. The summed E-state index contributed by atoms with van der Waals surface area (Å²) in [5.74, 6) is -1.16. The monoisotopic (exact) mass is 329 g/mol. The van der Waals surface area contributed by atoms with Crippen molar-refractivity contribution in [1.29, 1.82) is 0 Å². The molecule has 10 heteroatoms. The van der Waals surface area contributed by atoms with Gasteiger partial charge in [0.15, 0.2) is 0 Å². The van der Waals surface area contributed by atoms with Crippen LogP contribution in [0.5, 0.6) is 11.6 Å². The SMILES string of the molecule is Cc1cc(Oc2ccc(Cl)nc2)n2nc(C(F)(F)F)nc2n1.